The number of hydrogen-bond acceptors (Lipinski definition) is 4. The summed E-state index contributed by atoms with van der Waals surface area (Å²) in [6.45, 7) is -0.139. The van der Waals surface area contributed by atoms with E-state index in [9.17, 15) is 21.6 Å². The van der Waals surface area contributed by atoms with Gasteiger partial charge in [-0.25, -0.2) is 13.1 Å². The highest BCUT2D eigenvalue weighted by Gasteiger charge is 2.30. The number of halogens is 3. The van der Waals surface area contributed by atoms with Crippen LogP contribution in [0.4, 0.5) is 13.2 Å². The fourth-order valence-electron chi connectivity index (χ4n) is 2.55. The van der Waals surface area contributed by atoms with Crippen LogP contribution >= 0.6 is 0 Å². The molecule has 0 aliphatic heterocycles. The summed E-state index contributed by atoms with van der Waals surface area (Å²) in [6, 6.07) is 12.3. The van der Waals surface area contributed by atoms with Crippen LogP contribution in [0.2, 0.25) is 0 Å². The summed E-state index contributed by atoms with van der Waals surface area (Å²) in [4.78, 5) is -0.269. The predicted molar refractivity (Wildman–Crippen MR) is 92.6 cm³/mol. The Kier molecular flexibility index (Phi) is 5.27. The van der Waals surface area contributed by atoms with E-state index < -0.39 is 27.9 Å². The van der Waals surface area contributed by atoms with E-state index in [1.54, 1.807) is 12.1 Å². The van der Waals surface area contributed by atoms with E-state index in [1.165, 1.54) is 7.11 Å². The number of furan rings is 1. The first-order valence-electron chi connectivity index (χ1n) is 7.89. The number of methoxy groups -OCH3 is 1. The topological polar surface area (TPSA) is 68.5 Å². The summed E-state index contributed by atoms with van der Waals surface area (Å²) in [5.74, 6) is 0.439. The Morgan fingerprint density at radius 3 is 2.37 bits per heavy atom. The lowest BCUT2D eigenvalue weighted by atomic mass is 10.2. The van der Waals surface area contributed by atoms with Gasteiger partial charge in [0.05, 0.1) is 10.5 Å². The van der Waals surface area contributed by atoms with Crippen molar-refractivity contribution in [3.8, 4) is 0 Å². The van der Waals surface area contributed by atoms with E-state index in [0.717, 1.165) is 29.7 Å². The van der Waals surface area contributed by atoms with Crippen molar-refractivity contribution in [2.24, 2.45) is 0 Å². The molecule has 1 heterocycles. The van der Waals surface area contributed by atoms with E-state index in [-0.39, 0.29) is 11.4 Å². The van der Waals surface area contributed by atoms with E-state index in [1.807, 2.05) is 18.2 Å². The zero-order valence-electron chi connectivity index (χ0n) is 14.2. The number of sulfonamides is 1. The lowest BCUT2D eigenvalue weighted by Gasteiger charge is -2.14. The van der Waals surface area contributed by atoms with Gasteiger partial charge >= 0.3 is 6.18 Å². The minimum absolute atomic E-state index is 0.139. The van der Waals surface area contributed by atoms with Crippen molar-refractivity contribution >= 4 is 21.0 Å². The van der Waals surface area contributed by atoms with Crippen LogP contribution in [0.3, 0.4) is 0 Å². The van der Waals surface area contributed by atoms with Gasteiger partial charge in [-0.1, -0.05) is 18.2 Å². The Balaban J connectivity index is 1.75. The first kappa shape index (κ1) is 19.4. The minimum atomic E-state index is -4.53. The quantitative estimate of drug-likeness (QED) is 0.677. The van der Waals surface area contributed by atoms with Crippen LogP contribution in [0.5, 0.6) is 0 Å². The van der Waals surface area contributed by atoms with Crippen molar-refractivity contribution in [1.29, 1.82) is 0 Å². The van der Waals surface area contributed by atoms with Gasteiger partial charge in [0.1, 0.15) is 17.4 Å². The average molecular weight is 399 g/mol. The Labute approximate surface area is 153 Å². The normalized spacial score (nSPS) is 13.8. The smallest absolute Gasteiger partial charge is 0.416 e. The fraction of sp³-hybridized carbons (Fsp3) is 0.222. The van der Waals surface area contributed by atoms with Crippen molar-refractivity contribution in [3.63, 3.8) is 0 Å². The predicted octanol–water partition coefficient (Wildman–Crippen LogP) is 4.12. The number of fused-ring (bicyclic) bond motifs is 1. The van der Waals surface area contributed by atoms with E-state index in [2.05, 4.69) is 4.72 Å². The van der Waals surface area contributed by atoms with Crippen LogP contribution in [-0.2, 0) is 20.9 Å². The van der Waals surface area contributed by atoms with Gasteiger partial charge in [-0.15, -0.1) is 0 Å². The van der Waals surface area contributed by atoms with Gasteiger partial charge in [0.15, 0.2) is 0 Å². The number of rotatable bonds is 6. The number of para-hydroxylation sites is 1. The number of ether oxygens (including phenoxy) is 1. The lowest BCUT2D eigenvalue weighted by molar-refractivity contribution is -0.137. The fourth-order valence-corrected chi connectivity index (χ4v) is 3.58. The molecule has 0 saturated heterocycles. The van der Waals surface area contributed by atoms with Crippen LogP contribution in [0.15, 0.2) is 63.9 Å². The molecule has 3 aromatic rings. The first-order valence-corrected chi connectivity index (χ1v) is 9.37. The molecule has 0 fully saturated rings. The van der Waals surface area contributed by atoms with Gasteiger partial charge < -0.3 is 9.15 Å². The summed E-state index contributed by atoms with van der Waals surface area (Å²) in [5, 5.41) is 0.847. The third-order valence-corrected chi connectivity index (χ3v) is 5.44. The van der Waals surface area contributed by atoms with Gasteiger partial charge in [0.2, 0.25) is 10.0 Å². The zero-order chi connectivity index (χ0) is 19.7. The number of nitrogens with one attached hydrogen (secondary N) is 1. The molecule has 0 saturated carbocycles. The van der Waals surface area contributed by atoms with Gasteiger partial charge in [-0.2, -0.15) is 13.2 Å². The molecule has 144 valence electrons. The summed E-state index contributed by atoms with van der Waals surface area (Å²) >= 11 is 0. The SMILES string of the molecule is CO[C@H](CNS(=O)(=O)c1ccc(C(F)(F)F)cc1)c1cc2ccccc2o1. The molecule has 0 amide bonds. The second-order valence-corrected chi connectivity index (χ2v) is 7.55. The van der Waals surface area contributed by atoms with Gasteiger partial charge in [-0.3, -0.25) is 0 Å². The van der Waals surface area contributed by atoms with Gasteiger partial charge in [0, 0.05) is 19.0 Å². The Morgan fingerprint density at radius 2 is 1.78 bits per heavy atom. The maximum Gasteiger partial charge on any atom is 0.416 e. The molecule has 27 heavy (non-hydrogen) atoms. The van der Waals surface area contributed by atoms with Gasteiger partial charge in [0.25, 0.3) is 0 Å². The second-order valence-electron chi connectivity index (χ2n) is 5.78. The molecule has 0 unspecified atom stereocenters. The van der Waals surface area contributed by atoms with E-state index in [0.29, 0.717) is 11.3 Å². The molecule has 1 aromatic heterocycles. The van der Waals surface area contributed by atoms with Crippen molar-refractivity contribution < 1.29 is 30.7 Å². The second kappa shape index (κ2) is 7.34. The summed E-state index contributed by atoms with van der Waals surface area (Å²) in [5.41, 5.74) is -0.279. The van der Waals surface area contributed by atoms with Crippen molar-refractivity contribution in [2.45, 2.75) is 17.2 Å². The zero-order valence-corrected chi connectivity index (χ0v) is 15.0. The third kappa shape index (κ3) is 4.32. The molecule has 3 rings (SSSR count). The Bertz CT molecular complexity index is 994. The number of benzene rings is 2. The summed E-state index contributed by atoms with van der Waals surface area (Å²) < 4.78 is 75.8. The van der Waals surface area contributed by atoms with Crippen LogP contribution in [0.25, 0.3) is 11.0 Å². The monoisotopic (exact) mass is 399 g/mol. The van der Waals surface area contributed by atoms with Crippen molar-refractivity contribution in [3.05, 3.63) is 65.9 Å². The first-order chi connectivity index (χ1) is 12.7. The maximum absolute atomic E-state index is 12.6. The van der Waals surface area contributed by atoms with Crippen LogP contribution in [0, 0.1) is 0 Å². The Hall–Kier alpha value is -2.36. The van der Waals surface area contributed by atoms with Gasteiger partial charge in [-0.05, 0) is 36.4 Å². The molecule has 9 heteroatoms. The highest BCUT2D eigenvalue weighted by atomic mass is 32.2. The molecule has 0 bridgehead atoms. The van der Waals surface area contributed by atoms with Crippen LogP contribution in [-0.4, -0.2) is 22.1 Å². The molecule has 0 aliphatic rings. The molecule has 2 aromatic carbocycles. The highest BCUT2D eigenvalue weighted by Crippen LogP contribution is 2.30. The van der Waals surface area contributed by atoms with E-state index in [4.69, 9.17) is 9.15 Å². The molecule has 1 N–H and O–H groups in total. The number of alkyl halides is 3. The van der Waals surface area contributed by atoms with Crippen LogP contribution in [0.1, 0.15) is 17.4 Å². The molecular formula is C18H16F3NO4S. The maximum atomic E-state index is 12.6. The number of hydrogen-bond donors (Lipinski definition) is 1. The average Bonchev–Trinajstić information content (AvgIpc) is 3.05. The van der Waals surface area contributed by atoms with Crippen LogP contribution < -0.4 is 4.72 Å². The molecule has 0 spiro atoms. The third-order valence-electron chi connectivity index (χ3n) is 4.00. The van der Waals surface area contributed by atoms with E-state index >= 15 is 0 Å². The summed E-state index contributed by atoms with van der Waals surface area (Å²) in [6.07, 6.45) is -5.22. The molecular weight excluding hydrogens is 383 g/mol. The molecule has 0 aliphatic carbocycles. The largest absolute Gasteiger partial charge is 0.458 e. The van der Waals surface area contributed by atoms with Crippen molar-refractivity contribution in [1.82, 2.24) is 4.72 Å². The lowest BCUT2D eigenvalue weighted by Crippen LogP contribution is -2.29. The highest BCUT2D eigenvalue weighted by molar-refractivity contribution is 7.89. The molecule has 0 radical (unpaired) electrons. The summed E-state index contributed by atoms with van der Waals surface area (Å²) in [7, 11) is -2.60. The molecule has 1 atom stereocenters. The minimum Gasteiger partial charge on any atom is -0.458 e. The Morgan fingerprint density at radius 1 is 1.11 bits per heavy atom. The van der Waals surface area contributed by atoms with Crippen molar-refractivity contribution in [2.75, 3.05) is 13.7 Å². The standard InChI is InChI=1S/C18H16F3NO4S/c1-25-17(16-10-12-4-2-3-5-15(12)26-16)11-22-27(23,24)14-8-6-13(7-9-14)18(19,20)21/h2-10,17,22H,11H2,1H3/t17-/m1/s1. The molecule has 5 nitrogen and oxygen atoms in total.